The molecule has 25 heavy (non-hydrogen) atoms. The molecule has 0 fully saturated rings. The van der Waals surface area contributed by atoms with Gasteiger partial charge < -0.3 is 5.32 Å². The maximum Gasteiger partial charge on any atom is 0.329 e. The summed E-state index contributed by atoms with van der Waals surface area (Å²) in [6, 6.07) is 9.49. The van der Waals surface area contributed by atoms with Crippen molar-refractivity contribution in [1.29, 1.82) is 0 Å². The Morgan fingerprint density at radius 1 is 1.04 bits per heavy atom. The summed E-state index contributed by atoms with van der Waals surface area (Å²) in [6.45, 7) is 2.00. The zero-order valence-corrected chi connectivity index (χ0v) is 14.5. The summed E-state index contributed by atoms with van der Waals surface area (Å²) in [5, 5.41) is 2.52. The van der Waals surface area contributed by atoms with Crippen LogP contribution in [0.25, 0.3) is 0 Å². The fraction of sp³-hybridized carbons (Fsp3) is 0.176. The van der Waals surface area contributed by atoms with E-state index in [4.69, 9.17) is 0 Å². The topological polar surface area (TPSA) is 83.6 Å². The monoisotopic (exact) mass is 364 g/mol. The second kappa shape index (κ2) is 7.43. The van der Waals surface area contributed by atoms with E-state index in [1.807, 2.05) is 0 Å². The molecule has 0 unspecified atom stereocenters. The number of carbonyl (C=O) groups excluding carboxylic acids is 2. The Morgan fingerprint density at radius 2 is 1.60 bits per heavy atom. The second-order valence-electron chi connectivity index (χ2n) is 5.25. The minimum atomic E-state index is -3.40. The van der Waals surface area contributed by atoms with Gasteiger partial charge in [-0.1, -0.05) is 0 Å². The third kappa shape index (κ3) is 4.42. The molecule has 2 aromatic rings. The number of hydrogen-bond donors (Lipinski definition) is 1. The Balaban J connectivity index is 2.44. The third-order valence-electron chi connectivity index (χ3n) is 3.35. The highest BCUT2D eigenvalue weighted by molar-refractivity contribution is 7.90. The molecule has 0 atom stereocenters. The van der Waals surface area contributed by atoms with Crippen LogP contribution in [-0.4, -0.2) is 33.2 Å². The number of imide groups is 1. The molecule has 0 aliphatic rings. The van der Waals surface area contributed by atoms with E-state index in [1.54, 1.807) is 6.92 Å². The molecule has 1 N–H and O–H groups in total. The number of sulfone groups is 1. The lowest BCUT2D eigenvalue weighted by molar-refractivity contribution is 0.0993. The maximum atomic E-state index is 13.0. The van der Waals surface area contributed by atoms with Crippen LogP contribution in [0, 0.1) is 5.82 Å². The molecule has 0 aliphatic heterocycles. The summed E-state index contributed by atoms with van der Waals surface area (Å²) in [5.74, 6) is -1.16. The number of benzene rings is 2. The van der Waals surface area contributed by atoms with Gasteiger partial charge in [0.1, 0.15) is 5.82 Å². The van der Waals surface area contributed by atoms with Crippen molar-refractivity contribution in [3.63, 3.8) is 0 Å². The molecule has 8 heteroatoms. The van der Waals surface area contributed by atoms with Gasteiger partial charge in [-0.05, 0) is 55.5 Å². The van der Waals surface area contributed by atoms with Crippen molar-refractivity contribution in [2.24, 2.45) is 0 Å². The van der Waals surface area contributed by atoms with Crippen LogP contribution in [0.15, 0.2) is 53.4 Å². The van der Waals surface area contributed by atoms with Gasteiger partial charge in [0.05, 0.1) is 10.6 Å². The lowest BCUT2D eigenvalue weighted by Crippen LogP contribution is -2.44. The number of anilines is 1. The van der Waals surface area contributed by atoms with Gasteiger partial charge in [0, 0.05) is 18.4 Å². The smallest absolute Gasteiger partial charge is 0.329 e. The summed E-state index contributed by atoms with van der Waals surface area (Å²) in [4.78, 5) is 25.9. The van der Waals surface area contributed by atoms with Crippen LogP contribution in [-0.2, 0) is 9.84 Å². The van der Waals surface area contributed by atoms with Gasteiger partial charge in [0.15, 0.2) is 9.84 Å². The molecule has 0 heterocycles. The highest BCUT2D eigenvalue weighted by Gasteiger charge is 2.24. The van der Waals surface area contributed by atoms with E-state index in [1.165, 1.54) is 36.4 Å². The molecule has 0 aliphatic carbocycles. The summed E-state index contributed by atoms with van der Waals surface area (Å²) in [5.41, 5.74) is 0.326. The SMILES string of the molecule is CCNC(=O)N(C(=O)c1ccc(F)cc1)c1ccc(S(C)(=O)=O)cc1. The van der Waals surface area contributed by atoms with Crippen molar-refractivity contribution in [2.75, 3.05) is 17.7 Å². The number of nitrogens with zero attached hydrogens (tertiary/aromatic N) is 1. The van der Waals surface area contributed by atoms with Crippen LogP contribution >= 0.6 is 0 Å². The number of hydrogen-bond acceptors (Lipinski definition) is 4. The summed E-state index contributed by atoms with van der Waals surface area (Å²) < 4.78 is 36.1. The average Bonchev–Trinajstić information content (AvgIpc) is 2.55. The fourth-order valence-corrected chi connectivity index (χ4v) is 2.75. The van der Waals surface area contributed by atoms with Crippen molar-refractivity contribution >= 4 is 27.5 Å². The van der Waals surface area contributed by atoms with E-state index in [-0.39, 0.29) is 16.1 Å². The van der Waals surface area contributed by atoms with Gasteiger partial charge >= 0.3 is 6.03 Å². The van der Waals surface area contributed by atoms with E-state index < -0.39 is 27.6 Å². The zero-order valence-electron chi connectivity index (χ0n) is 13.7. The molecule has 6 nitrogen and oxygen atoms in total. The third-order valence-corrected chi connectivity index (χ3v) is 4.48. The van der Waals surface area contributed by atoms with Gasteiger partial charge in [-0.15, -0.1) is 0 Å². The molecule has 3 amide bonds. The fourth-order valence-electron chi connectivity index (χ4n) is 2.12. The normalized spacial score (nSPS) is 11.0. The largest absolute Gasteiger partial charge is 0.338 e. The Labute approximate surface area is 145 Å². The van der Waals surface area contributed by atoms with Gasteiger partial charge in [-0.25, -0.2) is 22.5 Å². The quantitative estimate of drug-likeness (QED) is 0.904. The van der Waals surface area contributed by atoms with E-state index in [0.717, 1.165) is 23.3 Å². The Bertz CT molecular complexity index is 878. The van der Waals surface area contributed by atoms with E-state index in [9.17, 15) is 22.4 Å². The molecular weight excluding hydrogens is 347 g/mol. The van der Waals surface area contributed by atoms with Crippen molar-refractivity contribution in [2.45, 2.75) is 11.8 Å². The number of nitrogens with one attached hydrogen (secondary N) is 1. The highest BCUT2D eigenvalue weighted by Crippen LogP contribution is 2.21. The molecule has 0 saturated carbocycles. The summed E-state index contributed by atoms with van der Waals surface area (Å²) >= 11 is 0. The number of amides is 3. The van der Waals surface area contributed by atoms with Crippen molar-refractivity contribution in [1.82, 2.24) is 5.32 Å². The predicted octanol–water partition coefficient (Wildman–Crippen LogP) is 2.61. The molecule has 0 aromatic heterocycles. The number of halogens is 1. The Morgan fingerprint density at radius 3 is 2.08 bits per heavy atom. The first-order chi connectivity index (χ1) is 11.7. The molecule has 0 bridgehead atoms. The van der Waals surface area contributed by atoms with E-state index in [2.05, 4.69) is 5.32 Å². The molecule has 2 aromatic carbocycles. The molecular formula is C17H17FN2O4S. The van der Waals surface area contributed by atoms with Gasteiger partial charge in [-0.3, -0.25) is 4.79 Å². The van der Waals surface area contributed by atoms with Crippen LogP contribution in [0.4, 0.5) is 14.9 Å². The molecule has 0 radical (unpaired) electrons. The number of rotatable bonds is 4. The predicted molar refractivity (Wildman–Crippen MR) is 91.8 cm³/mol. The van der Waals surface area contributed by atoms with Gasteiger partial charge in [-0.2, -0.15) is 0 Å². The highest BCUT2D eigenvalue weighted by atomic mass is 32.2. The Kier molecular flexibility index (Phi) is 5.53. The van der Waals surface area contributed by atoms with Crippen LogP contribution in [0.5, 0.6) is 0 Å². The summed E-state index contributed by atoms with van der Waals surface area (Å²) in [6.07, 6.45) is 1.06. The number of carbonyl (C=O) groups is 2. The minimum absolute atomic E-state index is 0.0707. The lowest BCUT2D eigenvalue weighted by atomic mass is 10.2. The van der Waals surface area contributed by atoms with Crippen molar-refractivity contribution in [3.8, 4) is 0 Å². The van der Waals surface area contributed by atoms with Crippen LogP contribution in [0.3, 0.4) is 0 Å². The number of urea groups is 1. The average molecular weight is 364 g/mol. The first-order valence-corrected chi connectivity index (χ1v) is 9.31. The second-order valence-corrected chi connectivity index (χ2v) is 7.26. The standard InChI is InChI=1S/C17H17FN2O4S/c1-3-19-17(22)20(16(21)12-4-6-13(18)7-5-12)14-8-10-15(11-9-14)25(2,23)24/h4-11H,3H2,1-2H3,(H,19,22). The molecule has 0 spiro atoms. The first-order valence-electron chi connectivity index (χ1n) is 7.42. The molecule has 2 rings (SSSR count). The van der Waals surface area contributed by atoms with Crippen LogP contribution < -0.4 is 10.2 Å². The van der Waals surface area contributed by atoms with Crippen LogP contribution in [0.1, 0.15) is 17.3 Å². The van der Waals surface area contributed by atoms with Crippen molar-refractivity contribution < 1.29 is 22.4 Å². The summed E-state index contributed by atoms with van der Waals surface area (Å²) in [7, 11) is -3.40. The lowest BCUT2D eigenvalue weighted by Gasteiger charge is -2.21. The van der Waals surface area contributed by atoms with Crippen LogP contribution in [0.2, 0.25) is 0 Å². The van der Waals surface area contributed by atoms with Crippen molar-refractivity contribution in [3.05, 3.63) is 59.9 Å². The Hall–Kier alpha value is -2.74. The van der Waals surface area contributed by atoms with Gasteiger partial charge in [0.25, 0.3) is 5.91 Å². The maximum absolute atomic E-state index is 13.0. The molecule has 132 valence electrons. The van der Waals surface area contributed by atoms with Gasteiger partial charge in [0.2, 0.25) is 0 Å². The molecule has 0 saturated heterocycles. The zero-order chi connectivity index (χ0) is 18.6. The van der Waals surface area contributed by atoms with E-state index >= 15 is 0 Å². The minimum Gasteiger partial charge on any atom is -0.338 e. The van der Waals surface area contributed by atoms with E-state index in [0.29, 0.717) is 6.54 Å². The first kappa shape index (κ1) is 18.6.